The molecule has 1 aliphatic rings. The summed E-state index contributed by atoms with van der Waals surface area (Å²) >= 11 is 0. The first-order chi connectivity index (χ1) is 9.75. The highest BCUT2D eigenvalue weighted by Gasteiger charge is 2.34. The van der Waals surface area contributed by atoms with E-state index in [1.807, 2.05) is 20.8 Å². The number of carbonyl (C=O) groups excluding carboxylic acids is 2. The first-order valence-corrected chi connectivity index (χ1v) is 7.18. The van der Waals surface area contributed by atoms with Gasteiger partial charge in [0.05, 0.1) is 18.3 Å². The molecule has 0 saturated heterocycles. The van der Waals surface area contributed by atoms with Crippen molar-refractivity contribution in [2.24, 2.45) is 5.73 Å². The molecule has 1 aromatic carbocycles. The Bertz CT molecular complexity index is 579. The summed E-state index contributed by atoms with van der Waals surface area (Å²) in [5.74, 6) is 0.485. The second-order valence-electron chi connectivity index (χ2n) is 6.03. The van der Waals surface area contributed by atoms with Crippen LogP contribution in [0.5, 0.6) is 5.75 Å². The lowest BCUT2D eigenvalue weighted by molar-refractivity contribution is -0.119. The third-order valence-electron chi connectivity index (χ3n) is 3.48. The number of nitrogens with two attached hydrogens (primary N) is 1. The van der Waals surface area contributed by atoms with Gasteiger partial charge in [0.2, 0.25) is 5.91 Å². The van der Waals surface area contributed by atoms with Crippen LogP contribution in [0, 0.1) is 0 Å². The highest BCUT2D eigenvalue weighted by atomic mass is 16.5. The molecule has 1 aromatic rings. The molecule has 1 unspecified atom stereocenters. The fourth-order valence-corrected chi connectivity index (χ4v) is 2.44. The van der Waals surface area contributed by atoms with Crippen molar-refractivity contribution >= 4 is 17.4 Å². The molecule has 0 fully saturated rings. The SMILES string of the molecule is CCC(=O)N1CC(C)(C)Oc2ccc(C(=O)C(C)N)cc21. The second kappa shape index (κ2) is 5.48. The second-order valence-corrected chi connectivity index (χ2v) is 6.03. The molecule has 114 valence electrons. The van der Waals surface area contributed by atoms with Gasteiger partial charge in [-0.1, -0.05) is 6.92 Å². The first kappa shape index (κ1) is 15.5. The average Bonchev–Trinajstić information content (AvgIpc) is 2.43. The molecule has 5 heteroatoms. The summed E-state index contributed by atoms with van der Waals surface area (Å²) in [4.78, 5) is 25.9. The van der Waals surface area contributed by atoms with E-state index in [0.717, 1.165) is 0 Å². The van der Waals surface area contributed by atoms with Crippen molar-refractivity contribution in [3.63, 3.8) is 0 Å². The maximum atomic E-state index is 12.2. The molecule has 1 heterocycles. The predicted octanol–water partition coefficient (Wildman–Crippen LogP) is 2.13. The zero-order chi connectivity index (χ0) is 15.8. The number of ether oxygens (including phenoxy) is 1. The van der Waals surface area contributed by atoms with E-state index in [0.29, 0.717) is 30.0 Å². The van der Waals surface area contributed by atoms with Crippen LogP contribution in [0.1, 0.15) is 44.5 Å². The molecule has 1 amide bonds. The lowest BCUT2D eigenvalue weighted by Gasteiger charge is -2.39. The number of hydrogen-bond donors (Lipinski definition) is 1. The van der Waals surface area contributed by atoms with Crippen molar-refractivity contribution in [2.75, 3.05) is 11.4 Å². The summed E-state index contributed by atoms with van der Waals surface area (Å²) in [5.41, 5.74) is 6.34. The Morgan fingerprint density at radius 3 is 2.67 bits per heavy atom. The summed E-state index contributed by atoms with van der Waals surface area (Å²) in [5, 5.41) is 0. The van der Waals surface area contributed by atoms with Gasteiger partial charge in [0.25, 0.3) is 0 Å². The molecule has 2 rings (SSSR count). The molecular formula is C16H22N2O3. The molecule has 1 atom stereocenters. The minimum absolute atomic E-state index is 0.0121. The molecule has 0 saturated carbocycles. The summed E-state index contributed by atoms with van der Waals surface area (Å²) in [6.07, 6.45) is 0.404. The monoisotopic (exact) mass is 290 g/mol. The standard InChI is InChI=1S/C16H22N2O3/c1-5-14(19)18-9-16(3,4)21-13-7-6-11(8-12(13)18)15(20)10(2)17/h6-8,10H,5,9,17H2,1-4H3. The Labute approximate surface area is 125 Å². The van der Waals surface area contributed by atoms with Gasteiger partial charge in [-0.2, -0.15) is 0 Å². The minimum atomic E-state index is -0.570. The molecule has 0 aromatic heterocycles. The van der Waals surface area contributed by atoms with Crippen LogP contribution in [-0.2, 0) is 4.79 Å². The molecule has 1 aliphatic heterocycles. The van der Waals surface area contributed by atoms with Gasteiger partial charge in [0.15, 0.2) is 5.78 Å². The van der Waals surface area contributed by atoms with E-state index in [9.17, 15) is 9.59 Å². The van der Waals surface area contributed by atoms with Crippen molar-refractivity contribution in [3.8, 4) is 5.75 Å². The number of fused-ring (bicyclic) bond motifs is 1. The zero-order valence-corrected chi connectivity index (χ0v) is 13.0. The molecule has 2 N–H and O–H groups in total. The third-order valence-corrected chi connectivity index (χ3v) is 3.48. The summed E-state index contributed by atoms with van der Waals surface area (Å²) < 4.78 is 5.90. The maximum absolute atomic E-state index is 12.2. The van der Waals surface area contributed by atoms with Crippen molar-refractivity contribution in [3.05, 3.63) is 23.8 Å². The van der Waals surface area contributed by atoms with Crippen LogP contribution in [0.15, 0.2) is 18.2 Å². The molecule has 21 heavy (non-hydrogen) atoms. The number of benzene rings is 1. The van der Waals surface area contributed by atoms with Gasteiger partial charge in [-0.05, 0) is 39.0 Å². The van der Waals surface area contributed by atoms with E-state index in [2.05, 4.69) is 0 Å². The van der Waals surface area contributed by atoms with Crippen LogP contribution in [0.2, 0.25) is 0 Å². The molecule has 0 bridgehead atoms. The normalized spacial score (nSPS) is 17.7. The fourth-order valence-electron chi connectivity index (χ4n) is 2.44. The van der Waals surface area contributed by atoms with E-state index in [1.165, 1.54) is 0 Å². The van der Waals surface area contributed by atoms with Gasteiger partial charge >= 0.3 is 0 Å². The Hall–Kier alpha value is -1.88. The zero-order valence-electron chi connectivity index (χ0n) is 13.0. The highest BCUT2D eigenvalue weighted by molar-refractivity contribution is 6.02. The van der Waals surface area contributed by atoms with Crippen LogP contribution in [0.3, 0.4) is 0 Å². The van der Waals surface area contributed by atoms with Gasteiger partial charge in [-0.15, -0.1) is 0 Å². The average molecular weight is 290 g/mol. The Kier molecular flexibility index (Phi) is 4.05. The van der Waals surface area contributed by atoms with Crippen LogP contribution in [0.25, 0.3) is 0 Å². The lowest BCUT2D eigenvalue weighted by Crippen LogP contribution is -2.49. The summed E-state index contributed by atoms with van der Waals surface area (Å²) in [6.45, 7) is 7.81. The van der Waals surface area contributed by atoms with Crippen molar-refractivity contribution < 1.29 is 14.3 Å². The van der Waals surface area contributed by atoms with E-state index in [-0.39, 0.29) is 11.7 Å². The largest absolute Gasteiger partial charge is 0.484 e. The molecule has 5 nitrogen and oxygen atoms in total. The smallest absolute Gasteiger partial charge is 0.226 e. The number of ketones is 1. The van der Waals surface area contributed by atoms with Crippen molar-refractivity contribution in [1.29, 1.82) is 0 Å². The van der Waals surface area contributed by atoms with E-state index >= 15 is 0 Å². The van der Waals surface area contributed by atoms with E-state index in [1.54, 1.807) is 30.0 Å². The number of nitrogens with zero attached hydrogens (tertiary/aromatic N) is 1. The number of Topliss-reactive ketones (excluding diaryl/α,β-unsaturated/α-hetero) is 1. The predicted molar refractivity (Wildman–Crippen MR) is 81.8 cm³/mol. The molecular weight excluding hydrogens is 268 g/mol. The lowest BCUT2D eigenvalue weighted by atomic mass is 10.0. The highest BCUT2D eigenvalue weighted by Crippen LogP contribution is 2.38. The Balaban J connectivity index is 2.48. The van der Waals surface area contributed by atoms with Crippen molar-refractivity contribution in [2.45, 2.75) is 45.8 Å². The number of hydrogen-bond acceptors (Lipinski definition) is 4. The Morgan fingerprint density at radius 1 is 1.43 bits per heavy atom. The van der Waals surface area contributed by atoms with Crippen LogP contribution in [0.4, 0.5) is 5.69 Å². The molecule has 0 aliphatic carbocycles. The number of carbonyl (C=O) groups is 2. The quantitative estimate of drug-likeness (QED) is 0.866. The minimum Gasteiger partial charge on any atom is -0.484 e. The number of anilines is 1. The maximum Gasteiger partial charge on any atom is 0.226 e. The van der Waals surface area contributed by atoms with Gasteiger partial charge < -0.3 is 15.4 Å². The summed E-state index contributed by atoms with van der Waals surface area (Å²) in [6, 6.07) is 4.56. The van der Waals surface area contributed by atoms with Crippen LogP contribution in [-0.4, -0.2) is 29.9 Å². The van der Waals surface area contributed by atoms with Crippen LogP contribution >= 0.6 is 0 Å². The van der Waals surface area contributed by atoms with Crippen molar-refractivity contribution in [1.82, 2.24) is 0 Å². The molecule has 0 spiro atoms. The number of rotatable bonds is 3. The van der Waals surface area contributed by atoms with Gasteiger partial charge in [0.1, 0.15) is 11.4 Å². The fraction of sp³-hybridized carbons (Fsp3) is 0.500. The van der Waals surface area contributed by atoms with Gasteiger partial charge in [0, 0.05) is 12.0 Å². The topological polar surface area (TPSA) is 72.6 Å². The third kappa shape index (κ3) is 3.08. The molecule has 0 radical (unpaired) electrons. The first-order valence-electron chi connectivity index (χ1n) is 7.18. The van der Waals surface area contributed by atoms with Crippen LogP contribution < -0.4 is 15.4 Å². The van der Waals surface area contributed by atoms with Gasteiger partial charge in [-0.25, -0.2) is 0 Å². The summed E-state index contributed by atoms with van der Waals surface area (Å²) in [7, 11) is 0. The van der Waals surface area contributed by atoms with Gasteiger partial charge in [-0.3, -0.25) is 9.59 Å². The van der Waals surface area contributed by atoms with E-state index < -0.39 is 11.6 Å². The van der Waals surface area contributed by atoms with E-state index in [4.69, 9.17) is 10.5 Å². The number of amides is 1. The Morgan fingerprint density at radius 2 is 2.10 bits per heavy atom.